The Kier molecular flexibility index (Phi) is 6.29. The van der Waals surface area contributed by atoms with Gasteiger partial charge in [0.25, 0.3) is 0 Å². The van der Waals surface area contributed by atoms with Crippen LogP contribution >= 0.6 is 11.6 Å². The van der Waals surface area contributed by atoms with Crippen LogP contribution in [0.15, 0.2) is 12.2 Å². The van der Waals surface area contributed by atoms with Crippen molar-refractivity contribution in [2.45, 2.75) is 13.3 Å². The standard InChI is InChI=1S/C7H12ClNO/c1-2-3-4-5-9-7(10)6-8/h3-4H,2,5-6H2,1H3,(H,9,10)/b4-3+. The lowest BCUT2D eigenvalue weighted by Crippen LogP contribution is -2.24. The van der Waals surface area contributed by atoms with Crippen LogP contribution in [0.1, 0.15) is 13.3 Å². The summed E-state index contributed by atoms with van der Waals surface area (Å²) in [5.41, 5.74) is 0. The molecule has 0 radical (unpaired) electrons. The maximum Gasteiger partial charge on any atom is 0.235 e. The lowest BCUT2D eigenvalue weighted by atomic mass is 10.4. The fourth-order valence-electron chi connectivity index (χ4n) is 0.470. The number of amides is 1. The zero-order valence-corrected chi connectivity index (χ0v) is 6.82. The minimum absolute atomic E-state index is 0.0416. The van der Waals surface area contributed by atoms with Crippen LogP contribution in [0.3, 0.4) is 0 Å². The van der Waals surface area contributed by atoms with Gasteiger partial charge >= 0.3 is 0 Å². The minimum atomic E-state index is -0.123. The highest BCUT2D eigenvalue weighted by atomic mass is 35.5. The summed E-state index contributed by atoms with van der Waals surface area (Å²) in [6.07, 6.45) is 4.90. The fourth-order valence-corrected chi connectivity index (χ4v) is 0.564. The van der Waals surface area contributed by atoms with Crippen molar-refractivity contribution in [3.05, 3.63) is 12.2 Å². The molecule has 2 nitrogen and oxygen atoms in total. The third-order valence-corrected chi connectivity index (χ3v) is 1.18. The first-order valence-corrected chi connectivity index (χ1v) is 3.82. The van der Waals surface area contributed by atoms with E-state index in [-0.39, 0.29) is 11.8 Å². The third-order valence-electron chi connectivity index (χ3n) is 0.941. The molecule has 1 amide bonds. The number of carbonyl (C=O) groups excluding carboxylic acids is 1. The quantitative estimate of drug-likeness (QED) is 0.489. The Morgan fingerprint density at radius 2 is 2.30 bits per heavy atom. The number of carbonyl (C=O) groups is 1. The van der Waals surface area contributed by atoms with Gasteiger partial charge in [-0.3, -0.25) is 4.79 Å². The van der Waals surface area contributed by atoms with Gasteiger partial charge in [0.05, 0.1) is 0 Å². The minimum Gasteiger partial charge on any atom is -0.352 e. The number of halogens is 1. The van der Waals surface area contributed by atoms with Gasteiger partial charge in [0.2, 0.25) is 5.91 Å². The monoisotopic (exact) mass is 161 g/mol. The molecule has 0 aromatic carbocycles. The molecule has 0 fully saturated rings. The lowest BCUT2D eigenvalue weighted by molar-refractivity contribution is -0.118. The van der Waals surface area contributed by atoms with Gasteiger partial charge in [0.1, 0.15) is 5.88 Å². The molecule has 0 aliphatic carbocycles. The number of hydrogen-bond donors (Lipinski definition) is 1. The Morgan fingerprint density at radius 3 is 2.80 bits per heavy atom. The second-order valence-electron chi connectivity index (χ2n) is 1.82. The normalized spacial score (nSPS) is 10.2. The molecule has 10 heavy (non-hydrogen) atoms. The predicted molar refractivity (Wildman–Crippen MR) is 43.2 cm³/mol. The van der Waals surface area contributed by atoms with Crippen molar-refractivity contribution in [2.75, 3.05) is 12.4 Å². The molecule has 0 aliphatic rings. The Hall–Kier alpha value is -0.500. The molecule has 0 bridgehead atoms. The Bertz CT molecular complexity index is 123. The summed E-state index contributed by atoms with van der Waals surface area (Å²) in [5, 5.41) is 2.61. The second-order valence-corrected chi connectivity index (χ2v) is 2.08. The molecule has 0 aromatic rings. The number of rotatable bonds is 4. The summed E-state index contributed by atoms with van der Waals surface area (Å²) in [4.78, 5) is 10.5. The van der Waals surface area contributed by atoms with E-state index in [0.29, 0.717) is 6.54 Å². The van der Waals surface area contributed by atoms with Crippen LogP contribution in [0.4, 0.5) is 0 Å². The topological polar surface area (TPSA) is 29.1 Å². The van der Waals surface area contributed by atoms with Crippen molar-refractivity contribution in [3.8, 4) is 0 Å². The Balaban J connectivity index is 3.19. The predicted octanol–water partition coefficient (Wildman–Crippen LogP) is 1.31. The Morgan fingerprint density at radius 1 is 1.60 bits per heavy atom. The summed E-state index contributed by atoms with van der Waals surface area (Å²) in [6, 6.07) is 0. The number of hydrogen-bond acceptors (Lipinski definition) is 1. The van der Waals surface area contributed by atoms with Crippen molar-refractivity contribution in [3.63, 3.8) is 0 Å². The number of nitrogens with one attached hydrogen (secondary N) is 1. The first kappa shape index (κ1) is 9.50. The van der Waals surface area contributed by atoms with E-state index >= 15 is 0 Å². The highest BCUT2D eigenvalue weighted by Crippen LogP contribution is 1.78. The molecular weight excluding hydrogens is 150 g/mol. The largest absolute Gasteiger partial charge is 0.352 e. The number of allylic oxidation sites excluding steroid dienone is 1. The highest BCUT2D eigenvalue weighted by molar-refractivity contribution is 6.27. The third kappa shape index (κ3) is 5.63. The van der Waals surface area contributed by atoms with E-state index < -0.39 is 0 Å². The molecule has 0 aliphatic heterocycles. The maximum absolute atomic E-state index is 10.5. The van der Waals surface area contributed by atoms with Gasteiger partial charge in [-0.15, -0.1) is 11.6 Å². The first-order valence-electron chi connectivity index (χ1n) is 3.29. The van der Waals surface area contributed by atoms with Crippen LogP contribution in [-0.2, 0) is 4.79 Å². The van der Waals surface area contributed by atoms with Crippen molar-refractivity contribution in [2.24, 2.45) is 0 Å². The van der Waals surface area contributed by atoms with Gasteiger partial charge in [0, 0.05) is 6.54 Å². The SMILES string of the molecule is CC/C=C/CNC(=O)CCl. The van der Waals surface area contributed by atoms with Gasteiger partial charge in [-0.1, -0.05) is 19.1 Å². The van der Waals surface area contributed by atoms with E-state index in [1.54, 1.807) is 0 Å². The van der Waals surface area contributed by atoms with Gasteiger partial charge in [-0.2, -0.15) is 0 Å². The fraction of sp³-hybridized carbons (Fsp3) is 0.571. The summed E-state index contributed by atoms with van der Waals surface area (Å²) in [5.74, 6) is -0.0811. The molecule has 0 unspecified atom stereocenters. The van der Waals surface area contributed by atoms with Gasteiger partial charge in [-0.25, -0.2) is 0 Å². The van der Waals surface area contributed by atoms with Gasteiger partial charge in [0.15, 0.2) is 0 Å². The average Bonchev–Trinajstić information content (AvgIpc) is 1.98. The van der Waals surface area contributed by atoms with E-state index in [0.717, 1.165) is 6.42 Å². The molecule has 0 saturated carbocycles. The van der Waals surface area contributed by atoms with Crippen LogP contribution < -0.4 is 5.32 Å². The van der Waals surface area contributed by atoms with Gasteiger partial charge in [-0.05, 0) is 6.42 Å². The van der Waals surface area contributed by atoms with E-state index in [4.69, 9.17) is 11.6 Å². The van der Waals surface area contributed by atoms with Gasteiger partial charge < -0.3 is 5.32 Å². The van der Waals surface area contributed by atoms with Crippen molar-refractivity contribution < 1.29 is 4.79 Å². The van der Waals surface area contributed by atoms with E-state index in [2.05, 4.69) is 5.32 Å². The summed E-state index contributed by atoms with van der Waals surface area (Å²) in [6.45, 7) is 2.62. The molecule has 58 valence electrons. The van der Waals surface area contributed by atoms with Crippen LogP contribution in [0, 0.1) is 0 Å². The smallest absolute Gasteiger partial charge is 0.235 e. The summed E-state index contributed by atoms with van der Waals surface area (Å²) < 4.78 is 0. The average molecular weight is 162 g/mol. The van der Waals surface area contributed by atoms with Crippen LogP contribution in [-0.4, -0.2) is 18.3 Å². The lowest BCUT2D eigenvalue weighted by Gasteiger charge is -1.95. The zero-order valence-electron chi connectivity index (χ0n) is 6.06. The van der Waals surface area contributed by atoms with Crippen LogP contribution in [0.5, 0.6) is 0 Å². The van der Waals surface area contributed by atoms with E-state index in [1.165, 1.54) is 0 Å². The van der Waals surface area contributed by atoms with Crippen molar-refractivity contribution in [1.29, 1.82) is 0 Å². The molecule has 0 rings (SSSR count). The summed E-state index contributed by atoms with van der Waals surface area (Å²) >= 11 is 5.23. The molecule has 0 heterocycles. The Labute approximate surface area is 66.3 Å². The van der Waals surface area contributed by atoms with Crippen LogP contribution in [0.25, 0.3) is 0 Å². The van der Waals surface area contributed by atoms with Crippen molar-refractivity contribution >= 4 is 17.5 Å². The molecule has 1 N–H and O–H groups in total. The molecule has 0 spiro atoms. The molecule has 0 saturated heterocycles. The van der Waals surface area contributed by atoms with Crippen molar-refractivity contribution in [1.82, 2.24) is 5.32 Å². The van der Waals surface area contributed by atoms with E-state index in [9.17, 15) is 4.79 Å². The molecule has 0 aromatic heterocycles. The molecule has 0 atom stereocenters. The molecular formula is C7H12ClNO. The summed E-state index contributed by atoms with van der Waals surface area (Å²) in [7, 11) is 0. The zero-order chi connectivity index (χ0) is 7.82. The first-order chi connectivity index (χ1) is 4.81. The highest BCUT2D eigenvalue weighted by Gasteiger charge is 1.91. The number of alkyl halides is 1. The maximum atomic E-state index is 10.5. The van der Waals surface area contributed by atoms with E-state index in [1.807, 2.05) is 19.1 Å². The second kappa shape index (κ2) is 6.62. The van der Waals surface area contributed by atoms with Crippen LogP contribution in [0.2, 0.25) is 0 Å². The molecule has 3 heteroatoms.